The van der Waals surface area contributed by atoms with Crippen molar-refractivity contribution in [1.29, 1.82) is 0 Å². The van der Waals surface area contributed by atoms with Gasteiger partial charge in [0.25, 0.3) is 5.91 Å². The lowest BCUT2D eigenvalue weighted by Crippen LogP contribution is -2.27. The second-order valence-corrected chi connectivity index (χ2v) is 7.60. The first-order chi connectivity index (χ1) is 13.6. The minimum Gasteiger partial charge on any atom is -0.515 e. The largest absolute Gasteiger partial charge is 0.515 e. The van der Waals surface area contributed by atoms with Crippen LogP contribution in [0.3, 0.4) is 0 Å². The van der Waals surface area contributed by atoms with Gasteiger partial charge in [-0.1, -0.05) is 62.7 Å². The van der Waals surface area contributed by atoms with Crippen LogP contribution < -0.4 is 10.1 Å². The minimum absolute atomic E-state index is 0.118. The van der Waals surface area contributed by atoms with Crippen LogP contribution in [0.25, 0.3) is 5.57 Å². The molecule has 0 aromatic heterocycles. The molecule has 1 saturated carbocycles. The summed E-state index contributed by atoms with van der Waals surface area (Å²) in [6.07, 6.45) is 4.10. The van der Waals surface area contributed by atoms with E-state index in [9.17, 15) is 9.90 Å². The molecule has 2 N–H and O–H groups in total. The smallest absolute Gasteiger partial charge is 0.255 e. The normalized spacial score (nSPS) is 19.7. The number of ether oxygens (including phenoxy) is 1. The zero-order valence-electron chi connectivity index (χ0n) is 16.6. The van der Waals surface area contributed by atoms with E-state index in [-0.39, 0.29) is 17.5 Å². The summed E-state index contributed by atoms with van der Waals surface area (Å²) in [6.45, 7) is 5.02. The van der Waals surface area contributed by atoms with E-state index < -0.39 is 0 Å². The van der Waals surface area contributed by atoms with Crippen LogP contribution in [-0.4, -0.2) is 23.7 Å². The molecule has 0 radical (unpaired) electrons. The number of amides is 1. The Kier molecular flexibility index (Phi) is 6.75. The molecule has 4 heteroatoms. The van der Waals surface area contributed by atoms with E-state index in [0.29, 0.717) is 24.0 Å². The molecular weight excluding hydrogens is 350 g/mol. The predicted octanol–water partition coefficient (Wildman–Crippen LogP) is 5.07. The number of aliphatic hydroxyl groups excluding tert-OH is 1. The molecule has 0 bridgehead atoms. The molecule has 148 valence electrons. The van der Waals surface area contributed by atoms with E-state index in [0.717, 1.165) is 31.3 Å². The summed E-state index contributed by atoms with van der Waals surface area (Å²) in [7, 11) is 0. The second kappa shape index (κ2) is 9.45. The molecule has 0 aliphatic heterocycles. The monoisotopic (exact) mass is 379 g/mol. The van der Waals surface area contributed by atoms with Gasteiger partial charge in [0, 0.05) is 12.0 Å². The SMILES string of the molecule is CCC[C@H](C)COc1ccc(C(=CO)C(=O)N[C@@H]2C[C@H]2c2ccccc2)cc1. The lowest BCUT2D eigenvalue weighted by molar-refractivity contribution is -0.115. The topological polar surface area (TPSA) is 58.6 Å². The zero-order chi connectivity index (χ0) is 19.9. The second-order valence-electron chi connectivity index (χ2n) is 7.60. The molecule has 4 nitrogen and oxygen atoms in total. The molecule has 28 heavy (non-hydrogen) atoms. The Morgan fingerprint density at radius 3 is 2.57 bits per heavy atom. The van der Waals surface area contributed by atoms with Crippen molar-refractivity contribution in [1.82, 2.24) is 5.32 Å². The fraction of sp³-hybridized carbons (Fsp3) is 0.375. The third-order valence-electron chi connectivity index (χ3n) is 5.19. The van der Waals surface area contributed by atoms with Crippen LogP contribution in [0.1, 0.15) is 50.2 Å². The van der Waals surface area contributed by atoms with Crippen LogP contribution >= 0.6 is 0 Å². The summed E-state index contributed by atoms with van der Waals surface area (Å²) in [6, 6.07) is 17.6. The van der Waals surface area contributed by atoms with Gasteiger partial charge in [-0.15, -0.1) is 0 Å². The number of aliphatic hydroxyl groups is 1. The van der Waals surface area contributed by atoms with Gasteiger partial charge in [-0.2, -0.15) is 0 Å². The van der Waals surface area contributed by atoms with Crippen molar-refractivity contribution in [2.24, 2.45) is 5.92 Å². The van der Waals surface area contributed by atoms with Gasteiger partial charge in [-0.25, -0.2) is 0 Å². The van der Waals surface area contributed by atoms with Crippen molar-refractivity contribution < 1.29 is 14.6 Å². The van der Waals surface area contributed by atoms with Crippen molar-refractivity contribution in [3.8, 4) is 5.75 Å². The third-order valence-corrected chi connectivity index (χ3v) is 5.19. The predicted molar refractivity (Wildman–Crippen MR) is 112 cm³/mol. The first-order valence-electron chi connectivity index (χ1n) is 10.1. The molecule has 1 fully saturated rings. The highest BCUT2D eigenvalue weighted by Gasteiger charge is 2.39. The van der Waals surface area contributed by atoms with Crippen LogP contribution in [0.2, 0.25) is 0 Å². The van der Waals surface area contributed by atoms with Crippen LogP contribution in [0.4, 0.5) is 0 Å². The molecule has 1 aliphatic carbocycles. The summed E-state index contributed by atoms with van der Waals surface area (Å²) >= 11 is 0. The molecule has 2 aromatic rings. The average Bonchev–Trinajstić information content (AvgIpc) is 3.48. The van der Waals surface area contributed by atoms with E-state index in [4.69, 9.17) is 4.74 Å². The van der Waals surface area contributed by atoms with E-state index in [1.54, 1.807) is 0 Å². The standard InChI is InChI=1S/C24H29NO3/c1-3-7-17(2)16-28-20-12-10-19(11-13-20)22(15-26)24(27)25-23-14-21(23)18-8-5-4-6-9-18/h4-6,8-13,15,17,21,23,26H,3,7,14,16H2,1-2H3,(H,25,27)/t17-,21-,23+/m0/s1. The number of hydrogen-bond acceptors (Lipinski definition) is 3. The first kappa shape index (κ1) is 20.0. The molecule has 3 rings (SSSR count). The number of nitrogens with one attached hydrogen (secondary N) is 1. The Labute approximate surface area is 167 Å². The van der Waals surface area contributed by atoms with E-state index >= 15 is 0 Å². The highest BCUT2D eigenvalue weighted by Crippen LogP contribution is 2.40. The van der Waals surface area contributed by atoms with Gasteiger partial charge in [0.2, 0.25) is 0 Å². The Hall–Kier alpha value is -2.75. The number of benzene rings is 2. The lowest BCUT2D eigenvalue weighted by Gasteiger charge is -2.13. The van der Waals surface area contributed by atoms with Crippen LogP contribution in [-0.2, 0) is 4.79 Å². The minimum atomic E-state index is -0.254. The van der Waals surface area contributed by atoms with Gasteiger partial charge in [0.15, 0.2) is 0 Å². The molecule has 3 atom stereocenters. The van der Waals surface area contributed by atoms with Gasteiger partial charge < -0.3 is 15.2 Å². The molecule has 2 aromatic carbocycles. The summed E-state index contributed by atoms with van der Waals surface area (Å²) in [4.78, 5) is 12.6. The Balaban J connectivity index is 1.55. The number of rotatable bonds is 9. The van der Waals surface area contributed by atoms with Gasteiger partial charge in [0.1, 0.15) is 5.75 Å². The maximum Gasteiger partial charge on any atom is 0.255 e. The lowest BCUT2D eigenvalue weighted by atomic mass is 10.1. The fourth-order valence-electron chi connectivity index (χ4n) is 3.48. The molecular formula is C24H29NO3. The molecule has 0 heterocycles. The van der Waals surface area contributed by atoms with Gasteiger partial charge in [-0.3, -0.25) is 4.79 Å². The Bertz CT molecular complexity index is 798. The first-order valence-corrected chi connectivity index (χ1v) is 10.1. The van der Waals surface area contributed by atoms with Crippen LogP contribution in [0.15, 0.2) is 60.9 Å². The number of carbonyl (C=O) groups is 1. The molecule has 0 saturated heterocycles. The van der Waals surface area contributed by atoms with Crippen molar-refractivity contribution in [2.45, 2.75) is 45.1 Å². The summed E-state index contributed by atoms with van der Waals surface area (Å²) in [5.41, 5.74) is 2.18. The van der Waals surface area contributed by atoms with Crippen molar-refractivity contribution in [3.63, 3.8) is 0 Å². The van der Waals surface area contributed by atoms with Crippen molar-refractivity contribution in [2.75, 3.05) is 6.61 Å². The molecule has 0 unspecified atom stereocenters. The highest BCUT2D eigenvalue weighted by atomic mass is 16.5. The quantitative estimate of drug-likeness (QED) is 0.472. The number of hydrogen-bond donors (Lipinski definition) is 2. The summed E-state index contributed by atoms with van der Waals surface area (Å²) < 4.78 is 5.80. The van der Waals surface area contributed by atoms with Crippen molar-refractivity contribution >= 4 is 11.5 Å². The van der Waals surface area contributed by atoms with E-state index in [1.807, 2.05) is 42.5 Å². The summed E-state index contributed by atoms with van der Waals surface area (Å²) in [5, 5.41) is 12.6. The Morgan fingerprint density at radius 2 is 1.93 bits per heavy atom. The zero-order valence-corrected chi connectivity index (χ0v) is 16.6. The number of carbonyl (C=O) groups excluding carboxylic acids is 1. The third kappa shape index (κ3) is 5.16. The molecule has 1 amide bonds. The van der Waals surface area contributed by atoms with Gasteiger partial charge in [0.05, 0.1) is 18.4 Å². The van der Waals surface area contributed by atoms with E-state index in [1.165, 1.54) is 5.56 Å². The van der Waals surface area contributed by atoms with Gasteiger partial charge >= 0.3 is 0 Å². The maximum atomic E-state index is 12.6. The molecule has 0 spiro atoms. The van der Waals surface area contributed by atoms with Crippen molar-refractivity contribution in [3.05, 3.63) is 72.0 Å². The maximum absolute atomic E-state index is 12.6. The van der Waals surface area contributed by atoms with Gasteiger partial charge in [-0.05, 0) is 42.0 Å². The Morgan fingerprint density at radius 1 is 1.21 bits per heavy atom. The van der Waals surface area contributed by atoms with Crippen LogP contribution in [0.5, 0.6) is 5.75 Å². The van der Waals surface area contributed by atoms with E-state index in [2.05, 4.69) is 31.3 Å². The summed E-state index contributed by atoms with van der Waals surface area (Å²) in [5.74, 6) is 1.39. The van der Waals surface area contributed by atoms with Crippen LogP contribution in [0, 0.1) is 5.92 Å². The molecule has 1 aliphatic rings. The highest BCUT2D eigenvalue weighted by molar-refractivity contribution is 6.19. The average molecular weight is 380 g/mol. The fourth-order valence-corrected chi connectivity index (χ4v) is 3.48.